The van der Waals surface area contributed by atoms with Crippen molar-refractivity contribution < 1.29 is 9.47 Å². The van der Waals surface area contributed by atoms with Crippen LogP contribution in [-0.2, 0) is 9.47 Å². The monoisotopic (exact) mass is 384 g/mol. The fourth-order valence-electron chi connectivity index (χ4n) is 4.88. The van der Waals surface area contributed by atoms with Crippen molar-refractivity contribution in [2.24, 2.45) is 16.7 Å². The van der Waals surface area contributed by atoms with Crippen LogP contribution in [0.25, 0.3) is 0 Å². The summed E-state index contributed by atoms with van der Waals surface area (Å²) in [5.74, 6) is -1.96. The second-order valence-electron chi connectivity index (χ2n) is 8.14. The van der Waals surface area contributed by atoms with Gasteiger partial charge in [0.05, 0.1) is 30.2 Å². The quantitative estimate of drug-likeness (QED) is 0.519. The van der Waals surface area contributed by atoms with E-state index in [9.17, 15) is 15.8 Å². The van der Waals surface area contributed by atoms with Crippen LogP contribution in [0.1, 0.15) is 85.0 Å². The van der Waals surface area contributed by atoms with E-state index >= 15 is 0 Å². The van der Waals surface area contributed by atoms with Gasteiger partial charge in [-0.05, 0) is 6.42 Å². The Labute approximate surface area is 168 Å². The zero-order valence-electron chi connectivity index (χ0n) is 17.4. The SMILES string of the molecule is CCCCCCCCCCC1OC2(CC)OC(=N)C(C#N)(C2C)C1(C#N)C#N. The summed E-state index contributed by atoms with van der Waals surface area (Å²) in [7, 11) is 0. The zero-order valence-corrected chi connectivity index (χ0v) is 17.4. The molecule has 6 nitrogen and oxygen atoms in total. The average molecular weight is 385 g/mol. The van der Waals surface area contributed by atoms with Gasteiger partial charge in [-0.25, -0.2) is 0 Å². The summed E-state index contributed by atoms with van der Waals surface area (Å²) < 4.78 is 12.0. The molecule has 0 aromatic rings. The Morgan fingerprint density at radius 1 is 0.929 bits per heavy atom. The van der Waals surface area contributed by atoms with E-state index < -0.39 is 28.6 Å². The number of nitriles is 3. The smallest absolute Gasteiger partial charge is 0.216 e. The number of rotatable bonds is 10. The van der Waals surface area contributed by atoms with Gasteiger partial charge in [-0.1, -0.05) is 72.1 Å². The first-order chi connectivity index (χ1) is 13.4. The van der Waals surface area contributed by atoms with Crippen molar-refractivity contribution in [2.75, 3.05) is 0 Å². The van der Waals surface area contributed by atoms with Crippen molar-refractivity contribution in [3.05, 3.63) is 0 Å². The minimum atomic E-state index is -1.73. The summed E-state index contributed by atoms with van der Waals surface area (Å²) >= 11 is 0. The van der Waals surface area contributed by atoms with E-state index in [2.05, 4.69) is 25.1 Å². The molecule has 0 amide bonds. The molecule has 0 aromatic carbocycles. The van der Waals surface area contributed by atoms with E-state index in [1.807, 2.05) is 6.92 Å². The zero-order chi connectivity index (χ0) is 20.8. The summed E-state index contributed by atoms with van der Waals surface area (Å²) in [6, 6.07) is 6.32. The molecule has 2 aliphatic heterocycles. The lowest BCUT2D eigenvalue weighted by molar-refractivity contribution is -0.278. The van der Waals surface area contributed by atoms with Crippen molar-refractivity contribution in [3.8, 4) is 18.2 Å². The maximum atomic E-state index is 10.0. The van der Waals surface area contributed by atoms with Crippen molar-refractivity contribution in [3.63, 3.8) is 0 Å². The van der Waals surface area contributed by atoms with Gasteiger partial charge in [0.25, 0.3) is 0 Å². The molecule has 152 valence electrons. The summed E-state index contributed by atoms with van der Waals surface area (Å²) in [5.41, 5.74) is -3.32. The molecular formula is C22H32N4O2. The highest BCUT2D eigenvalue weighted by atomic mass is 16.7. The number of fused-ring (bicyclic) bond motifs is 2. The average Bonchev–Trinajstić information content (AvgIpc) is 2.87. The van der Waals surface area contributed by atoms with Crippen molar-refractivity contribution >= 4 is 5.90 Å². The van der Waals surface area contributed by atoms with Gasteiger partial charge in [0.15, 0.2) is 10.8 Å². The Balaban J connectivity index is 2.14. The number of unbranched alkanes of at least 4 members (excludes halogenated alkanes) is 7. The lowest BCUT2D eigenvalue weighted by atomic mass is 9.54. The van der Waals surface area contributed by atoms with E-state index in [1.165, 1.54) is 32.1 Å². The first-order valence-corrected chi connectivity index (χ1v) is 10.6. The summed E-state index contributed by atoms with van der Waals surface area (Å²) in [4.78, 5) is 0. The largest absolute Gasteiger partial charge is 0.447 e. The molecule has 2 saturated heterocycles. The summed E-state index contributed by atoms with van der Waals surface area (Å²) in [5, 5.41) is 38.3. The van der Waals surface area contributed by atoms with Crippen molar-refractivity contribution in [1.82, 2.24) is 0 Å². The van der Waals surface area contributed by atoms with Crippen LogP contribution in [-0.4, -0.2) is 17.8 Å². The second kappa shape index (κ2) is 8.93. The normalized spacial score (nSPS) is 32.8. The number of hydrogen-bond acceptors (Lipinski definition) is 6. The van der Waals surface area contributed by atoms with Crippen molar-refractivity contribution in [2.45, 2.75) is 96.9 Å². The fraction of sp³-hybridized carbons (Fsp3) is 0.818. The molecule has 0 spiro atoms. The predicted molar refractivity (Wildman–Crippen MR) is 105 cm³/mol. The van der Waals surface area contributed by atoms with Crippen LogP contribution in [0.4, 0.5) is 0 Å². The van der Waals surface area contributed by atoms with E-state index in [4.69, 9.17) is 14.9 Å². The number of nitrogens with zero attached hydrogens (tertiary/aromatic N) is 3. The van der Waals surface area contributed by atoms with E-state index in [1.54, 1.807) is 6.92 Å². The summed E-state index contributed by atoms with van der Waals surface area (Å²) in [6.45, 7) is 5.84. The molecule has 6 heteroatoms. The molecule has 0 radical (unpaired) electrons. The standard InChI is InChI=1S/C22H32N4O2/c1-4-6-7-8-9-10-11-12-13-18-20(14-23,15-24)21(16-25)17(3)22(5-2,27-18)28-19(21)26/h17-18,26H,4-13H2,1-3H3. The second-order valence-corrected chi connectivity index (χ2v) is 8.14. The molecule has 2 heterocycles. The molecule has 2 rings (SSSR count). The van der Waals surface area contributed by atoms with Crippen molar-refractivity contribution in [1.29, 1.82) is 21.2 Å². The van der Waals surface area contributed by atoms with Gasteiger partial charge in [0.2, 0.25) is 11.7 Å². The van der Waals surface area contributed by atoms with Crippen LogP contribution < -0.4 is 0 Å². The molecular weight excluding hydrogens is 352 g/mol. The van der Waals surface area contributed by atoms with Crippen LogP contribution >= 0.6 is 0 Å². The van der Waals surface area contributed by atoms with Crippen LogP contribution in [0, 0.1) is 56.2 Å². The molecule has 2 bridgehead atoms. The van der Waals surface area contributed by atoms with Crippen LogP contribution in [0.5, 0.6) is 0 Å². The topological polar surface area (TPSA) is 114 Å². The molecule has 1 N–H and O–H groups in total. The van der Waals surface area contributed by atoms with Crippen LogP contribution in [0.15, 0.2) is 0 Å². The van der Waals surface area contributed by atoms with Gasteiger partial charge in [0.1, 0.15) is 0 Å². The van der Waals surface area contributed by atoms with Gasteiger partial charge >= 0.3 is 0 Å². The van der Waals surface area contributed by atoms with Gasteiger partial charge < -0.3 is 9.47 Å². The summed E-state index contributed by atoms with van der Waals surface area (Å²) in [6.07, 6.45) is 9.42. The number of nitrogens with one attached hydrogen (secondary N) is 1. The Kier molecular flexibility index (Phi) is 7.08. The first-order valence-electron chi connectivity index (χ1n) is 10.6. The molecule has 2 fully saturated rings. The van der Waals surface area contributed by atoms with E-state index in [-0.39, 0.29) is 5.90 Å². The third-order valence-electron chi connectivity index (χ3n) is 6.73. The Bertz CT molecular complexity index is 687. The lowest BCUT2D eigenvalue weighted by Gasteiger charge is -2.48. The molecule has 2 aliphatic rings. The van der Waals surface area contributed by atoms with E-state index in [0.717, 1.165) is 19.3 Å². The molecule has 28 heavy (non-hydrogen) atoms. The number of ether oxygens (including phenoxy) is 2. The molecule has 0 aromatic heterocycles. The molecule has 0 aliphatic carbocycles. The Hall–Kier alpha value is -2.10. The molecule has 0 saturated carbocycles. The van der Waals surface area contributed by atoms with Gasteiger partial charge in [-0.2, -0.15) is 15.8 Å². The third-order valence-corrected chi connectivity index (χ3v) is 6.73. The minimum Gasteiger partial charge on any atom is -0.447 e. The molecule has 4 atom stereocenters. The maximum Gasteiger partial charge on any atom is 0.216 e. The van der Waals surface area contributed by atoms with Gasteiger partial charge in [0, 0.05) is 6.42 Å². The lowest BCUT2D eigenvalue weighted by Crippen LogP contribution is -2.61. The minimum absolute atomic E-state index is 0.300. The predicted octanol–water partition coefficient (Wildman–Crippen LogP) is 5.21. The Morgan fingerprint density at radius 2 is 1.50 bits per heavy atom. The highest BCUT2D eigenvalue weighted by Gasteiger charge is 2.78. The van der Waals surface area contributed by atoms with Crippen LogP contribution in [0.3, 0.4) is 0 Å². The van der Waals surface area contributed by atoms with E-state index in [0.29, 0.717) is 12.8 Å². The number of hydrogen-bond donors (Lipinski definition) is 1. The van der Waals surface area contributed by atoms with Gasteiger partial charge in [-0.15, -0.1) is 0 Å². The fourth-order valence-corrected chi connectivity index (χ4v) is 4.88. The maximum absolute atomic E-state index is 10.0. The first kappa shape index (κ1) is 22.2. The highest BCUT2D eigenvalue weighted by Crippen LogP contribution is 2.63. The van der Waals surface area contributed by atoms with Crippen LogP contribution in [0.2, 0.25) is 0 Å². The highest BCUT2D eigenvalue weighted by molar-refractivity contribution is 5.89. The third kappa shape index (κ3) is 3.17. The molecule has 4 unspecified atom stereocenters. The Morgan fingerprint density at radius 3 is 2.00 bits per heavy atom. The van der Waals surface area contributed by atoms with Gasteiger partial charge in [-0.3, -0.25) is 5.41 Å².